The van der Waals surface area contributed by atoms with Crippen LogP contribution in [-0.2, 0) is 0 Å². The average Bonchev–Trinajstić information content (AvgIpc) is 2.16. The van der Waals surface area contributed by atoms with Gasteiger partial charge in [-0.25, -0.2) is 0 Å². The molecule has 0 aliphatic heterocycles. The van der Waals surface area contributed by atoms with Crippen LogP contribution in [0.3, 0.4) is 0 Å². The van der Waals surface area contributed by atoms with Crippen LogP contribution in [0.4, 0.5) is 0 Å². The van der Waals surface area contributed by atoms with Crippen molar-refractivity contribution in [3.05, 3.63) is 29.3 Å². The molecule has 14 heavy (non-hydrogen) atoms. The third kappa shape index (κ3) is 2.38. The summed E-state index contributed by atoms with van der Waals surface area (Å²) in [7, 11) is 0. The van der Waals surface area contributed by atoms with Crippen molar-refractivity contribution in [1.29, 1.82) is 0 Å². The molecule has 0 saturated carbocycles. The van der Waals surface area contributed by atoms with Crippen molar-refractivity contribution >= 4 is 17.5 Å². The Morgan fingerprint density at radius 2 is 2.00 bits per heavy atom. The molecule has 0 heterocycles. The second kappa shape index (κ2) is 4.65. The zero-order valence-corrected chi connectivity index (χ0v) is 9.94. The zero-order chi connectivity index (χ0) is 10.7. The number of ketones is 1. The molecule has 0 fully saturated rings. The number of thioether (sulfide) groups is 1. The first-order valence-corrected chi connectivity index (χ1v) is 5.97. The Morgan fingerprint density at radius 1 is 1.36 bits per heavy atom. The van der Waals surface area contributed by atoms with Crippen LogP contribution in [0.25, 0.3) is 0 Å². The molecule has 0 N–H and O–H groups in total. The van der Waals surface area contributed by atoms with Gasteiger partial charge in [0.15, 0.2) is 5.78 Å². The highest BCUT2D eigenvalue weighted by Gasteiger charge is 2.10. The van der Waals surface area contributed by atoms with Crippen LogP contribution in [0.5, 0.6) is 0 Å². The van der Waals surface area contributed by atoms with Crippen LogP contribution in [0.2, 0.25) is 0 Å². The fourth-order valence-electron chi connectivity index (χ4n) is 1.47. The van der Waals surface area contributed by atoms with Gasteiger partial charge in [-0.3, -0.25) is 4.79 Å². The molecule has 0 atom stereocenters. The largest absolute Gasteiger partial charge is 0.295 e. The highest BCUT2D eigenvalue weighted by atomic mass is 32.2. The molecule has 1 aromatic carbocycles. The van der Waals surface area contributed by atoms with Gasteiger partial charge < -0.3 is 0 Å². The van der Waals surface area contributed by atoms with Crippen molar-refractivity contribution in [2.75, 3.05) is 6.26 Å². The Labute approximate surface area is 89.9 Å². The van der Waals surface area contributed by atoms with E-state index in [1.807, 2.05) is 12.3 Å². The Kier molecular flexibility index (Phi) is 3.76. The number of Topliss-reactive ketones (excluding diaryl/α,β-unsaturated/α-hetero) is 1. The number of hydrogen-bond donors (Lipinski definition) is 0. The fraction of sp³-hybridized carbons (Fsp3) is 0.417. The molecule has 0 aromatic heterocycles. The summed E-state index contributed by atoms with van der Waals surface area (Å²) >= 11 is 1.67. The summed E-state index contributed by atoms with van der Waals surface area (Å²) in [4.78, 5) is 12.6. The van der Waals surface area contributed by atoms with Gasteiger partial charge in [0, 0.05) is 10.5 Å². The van der Waals surface area contributed by atoms with Crippen LogP contribution in [-0.4, -0.2) is 12.0 Å². The van der Waals surface area contributed by atoms with E-state index in [1.165, 1.54) is 0 Å². The molecule has 0 radical (unpaired) electrons. The van der Waals surface area contributed by atoms with Gasteiger partial charge in [-0.1, -0.05) is 19.9 Å². The lowest BCUT2D eigenvalue weighted by atomic mass is 9.95. The van der Waals surface area contributed by atoms with Crippen LogP contribution >= 0.6 is 11.8 Å². The Morgan fingerprint density at radius 3 is 2.43 bits per heavy atom. The zero-order valence-electron chi connectivity index (χ0n) is 9.13. The summed E-state index contributed by atoms with van der Waals surface area (Å²) in [5.74, 6) is 0.564. The van der Waals surface area contributed by atoms with E-state index in [0.29, 0.717) is 5.92 Å². The molecular formula is C12H16OS. The van der Waals surface area contributed by atoms with E-state index < -0.39 is 0 Å². The van der Waals surface area contributed by atoms with Crippen molar-refractivity contribution < 1.29 is 4.79 Å². The second-order valence-corrected chi connectivity index (χ2v) is 4.54. The molecule has 0 aliphatic rings. The number of benzene rings is 1. The molecule has 1 nitrogen and oxygen atoms in total. The smallest absolute Gasteiger partial charge is 0.160 e. The summed E-state index contributed by atoms with van der Waals surface area (Å²) in [6.45, 7) is 5.85. The highest BCUT2D eigenvalue weighted by molar-refractivity contribution is 7.98. The van der Waals surface area contributed by atoms with Gasteiger partial charge in [-0.05, 0) is 36.8 Å². The van der Waals surface area contributed by atoms with Crippen LogP contribution in [0.15, 0.2) is 23.1 Å². The van der Waals surface area contributed by atoms with Crippen molar-refractivity contribution in [2.24, 2.45) is 0 Å². The standard InChI is InChI=1S/C12H16OS/c1-8(2)11-6-5-10(14-4)7-12(11)9(3)13/h5-8H,1-4H3. The minimum absolute atomic E-state index is 0.157. The van der Waals surface area contributed by atoms with Gasteiger partial charge in [0.2, 0.25) is 0 Å². The van der Waals surface area contributed by atoms with Crippen molar-refractivity contribution in [3.8, 4) is 0 Å². The highest BCUT2D eigenvalue weighted by Crippen LogP contribution is 2.25. The lowest BCUT2D eigenvalue weighted by Gasteiger charge is -2.11. The molecule has 0 unspecified atom stereocenters. The maximum absolute atomic E-state index is 11.4. The third-order valence-electron chi connectivity index (χ3n) is 2.26. The fourth-order valence-corrected chi connectivity index (χ4v) is 1.91. The van der Waals surface area contributed by atoms with Gasteiger partial charge in [0.05, 0.1) is 0 Å². The molecule has 0 bridgehead atoms. The lowest BCUT2D eigenvalue weighted by Crippen LogP contribution is -2.01. The predicted octanol–water partition coefficient (Wildman–Crippen LogP) is 3.73. The van der Waals surface area contributed by atoms with Crippen LogP contribution < -0.4 is 0 Å². The number of rotatable bonds is 3. The van der Waals surface area contributed by atoms with E-state index in [2.05, 4.69) is 26.0 Å². The Hall–Kier alpha value is -0.760. The second-order valence-electron chi connectivity index (χ2n) is 3.66. The minimum Gasteiger partial charge on any atom is -0.295 e. The monoisotopic (exact) mass is 208 g/mol. The normalized spacial score (nSPS) is 10.6. The summed E-state index contributed by atoms with van der Waals surface area (Å²) in [6, 6.07) is 6.13. The first kappa shape index (κ1) is 11.3. The van der Waals surface area contributed by atoms with Gasteiger partial charge in [0.25, 0.3) is 0 Å². The van der Waals surface area contributed by atoms with Gasteiger partial charge in [0.1, 0.15) is 0 Å². The maximum atomic E-state index is 11.4. The van der Waals surface area contributed by atoms with E-state index in [4.69, 9.17) is 0 Å². The molecule has 0 spiro atoms. The quantitative estimate of drug-likeness (QED) is 0.556. The molecule has 1 rings (SSSR count). The van der Waals surface area contributed by atoms with Gasteiger partial charge >= 0.3 is 0 Å². The van der Waals surface area contributed by atoms with E-state index >= 15 is 0 Å². The van der Waals surface area contributed by atoms with E-state index in [0.717, 1.165) is 16.0 Å². The van der Waals surface area contributed by atoms with Gasteiger partial charge in [-0.2, -0.15) is 0 Å². The molecule has 2 heteroatoms. The summed E-state index contributed by atoms with van der Waals surface area (Å²) in [5, 5.41) is 0. The summed E-state index contributed by atoms with van der Waals surface area (Å²) < 4.78 is 0. The van der Waals surface area contributed by atoms with Crippen LogP contribution in [0, 0.1) is 0 Å². The average molecular weight is 208 g/mol. The Bertz CT molecular complexity index is 342. The van der Waals surface area contributed by atoms with Crippen LogP contribution in [0.1, 0.15) is 42.6 Å². The SMILES string of the molecule is CSc1ccc(C(C)C)c(C(C)=O)c1. The van der Waals surface area contributed by atoms with E-state index in [9.17, 15) is 4.79 Å². The molecule has 1 aromatic rings. The first-order valence-electron chi connectivity index (χ1n) is 4.75. The Balaban J connectivity index is 3.24. The molecule has 0 amide bonds. The van der Waals surface area contributed by atoms with E-state index in [-0.39, 0.29) is 5.78 Å². The third-order valence-corrected chi connectivity index (χ3v) is 2.99. The molecule has 0 aliphatic carbocycles. The van der Waals surface area contributed by atoms with Gasteiger partial charge in [-0.15, -0.1) is 11.8 Å². The van der Waals surface area contributed by atoms with Crippen molar-refractivity contribution in [2.45, 2.75) is 31.6 Å². The lowest BCUT2D eigenvalue weighted by molar-refractivity contribution is 0.101. The summed E-state index contributed by atoms with van der Waals surface area (Å²) in [6.07, 6.45) is 2.02. The first-order chi connectivity index (χ1) is 6.56. The molecular weight excluding hydrogens is 192 g/mol. The summed E-state index contributed by atoms with van der Waals surface area (Å²) in [5.41, 5.74) is 2.02. The molecule has 76 valence electrons. The number of carbonyl (C=O) groups is 1. The van der Waals surface area contributed by atoms with E-state index in [1.54, 1.807) is 18.7 Å². The number of hydrogen-bond acceptors (Lipinski definition) is 2. The number of carbonyl (C=O) groups excluding carboxylic acids is 1. The topological polar surface area (TPSA) is 17.1 Å². The van der Waals surface area contributed by atoms with Crippen molar-refractivity contribution in [1.82, 2.24) is 0 Å². The minimum atomic E-state index is 0.157. The molecule has 0 saturated heterocycles. The van der Waals surface area contributed by atoms with Crippen molar-refractivity contribution in [3.63, 3.8) is 0 Å². The predicted molar refractivity (Wildman–Crippen MR) is 62.3 cm³/mol. The maximum Gasteiger partial charge on any atom is 0.160 e.